The Bertz CT molecular complexity index is 502. The predicted molar refractivity (Wildman–Crippen MR) is 96.8 cm³/mol. The fourth-order valence-electron chi connectivity index (χ4n) is 1.74. The molecule has 0 amide bonds. The summed E-state index contributed by atoms with van der Waals surface area (Å²) < 4.78 is 30.8. The molecule has 0 fully saturated rings. The largest absolute Gasteiger partial charge is 0.504 e. The summed E-state index contributed by atoms with van der Waals surface area (Å²) in [5, 5.41) is 9.53. The van der Waals surface area contributed by atoms with Gasteiger partial charge in [0.1, 0.15) is 20.0 Å². The van der Waals surface area contributed by atoms with Gasteiger partial charge < -0.3 is 33.5 Å². The first kappa shape index (κ1) is 21.8. The number of unbranched alkanes of at least 4 members (excludes halogenated alkanes) is 1. The number of hydrogen-bond acceptors (Lipinski definition) is 7. The summed E-state index contributed by atoms with van der Waals surface area (Å²) in [7, 11) is 1.56. The van der Waals surface area contributed by atoms with Crippen LogP contribution in [-0.4, -0.2) is 52.2 Å². The summed E-state index contributed by atoms with van der Waals surface area (Å²) in [6, 6.07) is 6.83. The zero-order valence-electron chi connectivity index (χ0n) is 15.2. The second-order valence-corrected chi connectivity index (χ2v) is 5.02. The highest BCUT2D eigenvalue weighted by Gasteiger charge is 1.99. The van der Waals surface area contributed by atoms with E-state index in [4.69, 9.17) is 28.4 Å². The first-order chi connectivity index (χ1) is 12.8. The number of benzene rings is 1. The summed E-state index contributed by atoms with van der Waals surface area (Å²) in [5.74, 6) is 0.582. The third-order valence-electron chi connectivity index (χ3n) is 2.93. The fraction of sp³-hybridized carbons (Fsp3) is 0.474. The monoisotopic (exact) mass is 368 g/mol. The smallest absolute Gasteiger partial charge is 0.190 e. The molecule has 1 aromatic carbocycles. The van der Waals surface area contributed by atoms with Crippen LogP contribution in [0, 0.1) is 0 Å². The van der Waals surface area contributed by atoms with Gasteiger partial charge >= 0.3 is 0 Å². The van der Waals surface area contributed by atoms with Crippen LogP contribution < -0.4 is 4.74 Å². The summed E-state index contributed by atoms with van der Waals surface area (Å²) in [5.41, 5.74) is 0. The zero-order valence-corrected chi connectivity index (χ0v) is 15.2. The van der Waals surface area contributed by atoms with Gasteiger partial charge in [0.25, 0.3) is 0 Å². The average molecular weight is 368 g/mol. The molecule has 0 saturated carbocycles. The molecule has 146 valence electrons. The van der Waals surface area contributed by atoms with Crippen molar-refractivity contribution in [2.45, 2.75) is 12.8 Å². The number of aromatic hydroxyl groups is 1. The Hall–Kier alpha value is -2.22. The van der Waals surface area contributed by atoms with E-state index in [1.165, 1.54) is 0 Å². The Morgan fingerprint density at radius 3 is 2.35 bits per heavy atom. The number of phenols is 1. The molecule has 0 aliphatic carbocycles. The van der Waals surface area contributed by atoms with Gasteiger partial charge in [0, 0.05) is 7.11 Å². The Kier molecular flexibility index (Phi) is 13.6. The molecule has 0 radical (unpaired) electrons. The molecule has 0 aromatic heterocycles. The Morgan fingerprint density at radius 1 is 0.846 bits per heavy atom. The molecule has 0 atom stereocenters. The topological polar surface area (TPSA) is 75.6 Å². The Labute approximate surface area is 154 Å². The molecule has 0 heterocycles. The maximum absolute atomic E-state index is 9.53. The molecule has 1 N–H and O–H groups in total. The Balaban J connectivity index is 1.84. The van der Waals surface area contributed by atoms with Crippen LogP contribution in [0.1, 0.15) is 12.8 Å². The van der Waals surface area contributed by atoms with E-state index in [1.807, 2.05) is 12.2 Å². The molecule has 26 heavy (non-hydrogen) atoms. The number of ether oxygens (including phenoxy) is 6. The van der Waals surface area contributed by atoms with Gasteiger partial charge in [-0.05, 0) is 37.1 Å². The van der Waals surface area contributed by atoms with E-state index in [1.54, 1.807) is 43.9 Å². The molecular weight excluding hydrogens is 340 g/mol. The van der Waals surface area contributed by atoms with Crippen LogP contribution in [0.2, 0.25) is 0 Å². The van der Waals surface area contributed by atoms with Gasteiger partial charge in [-0.25, -0.2) is 0 Å². The first-order valence-corrected chi connectivity index (χ1v) is 8.43. The zero-order chi connectivity index (χ0) is 18.7. The van der Waals surface area contributed by atoms with Crippen LogP contribution in [0.3, 0.4) is 0 Å². The van der Waals surface area contributed by atoms with E-state index in [0.29, 0.717) is 32.2 Å². The van der Waals surface area contributed by atoms with E-state index < -0.39 is 0 Å². The van der Waals surface area contributed by atoms with E-state index in [-0.39, 0.29) is 19.3 Å². The lowest BCUT2D eigenvalue weighted by molar-refractivity contribution is -0.0974. The van der Waals surface area contributed by atoms with Crippen molar-refractivity contribution in [1.29, 1.82) is 0 Å². The van der Waals surface area contributed by atoms with E-state index >= 15 is 0 Å². The number of methoxy groups -OCH3 is 1. The lowest BCUT2D eigenvalue weighted by Crippen LogP contribution is -2.09. The van der Waals surface area contributed by atoms with Crippen LogP contribution in [0.5, 0.6) is 11.5 Å². The first-order valence-electron chi connectivity index (χ1n) is 8.43. The number of phenolic OH excluding ortho intramolecular Hbond substituents is 1. The van der Waals surface area contributed by atoms with Gasteiger partial charge in [0.05, 0.1) is 25.7 Å². The van der Waals surface area contributed by atoms with Crippen molar-refractivity contribution in [1.82, 2.24) is 0 Å². The highest BCUT2D eigenvalue weighted by Crippen LogP contribution is 2.23. The van der Waals surface area contributed by atoms with Crippen molar-refractivity contribution in [3.8, 4) is 11.5 Å². The minimum atomic E-state index is 0.127. The predicted octanol–water partition coefficient (Wildman–Crippen LogP) is 3.21. The number of hydrogen-bond donors (Lipinski definition) is 1. The molecule has 0 aliphatic rings. The van der Waals surface area contributed by atoms with Crippen LogP contribution >= 0.6 is 0 Å². The molecule has 0 saturated heterocycles. The fourth-order valence-corrected chi connectivity index (χ4v) is 1.74. The SMILES string of the molecule is COCOCOC=CCCC=COCCOCCOc1ccccc1O. The molecule has 1 rings (SSSR count). The van der Waals surface area contributed by atoms with Crippen molar-refractivity contribution < 1.29 is 33.5 Å². The number of rotatable bonds is 16. The van der Waals surface area contributed by atoms with Crippen LogP contribution in [-0.2, 0) is 23.7 Å². The standard InChI is InChI=1S/C19H28O7/c1-21-16-25-17-24-11-7-3-2-6-10-22-12-13-23-14-15-26-19-9-5-4-8-18(19)20/h4-11,20H,2-3,12-17H2,1H3. The summed E-state index contributed by atoms with van der Waals surface area (Å²) >= 11 is 0. The molecular formula is C19H28O7. The summed E-state index contributed by atoms with van der Waals surface area (Å²) in [6.45, 7) is 2.16. The minimum absolute atomic E-state index is 0.127. The number of allylic oxidation sites excluding steroid dienone is 2. The lowest BCUT2D eigenvalue weighted by Gasteiger charge is -2.08. The maximum atomic E-state index is 9.53. The van der Waals surface area contributed by atoms with Crippen molar-refractivity contribution in [2.24, 2.45) is 0 Å². The molecule has 0 aliphatic heterocycles. The molecule has 7 heteroatoms. The van der Waals surface area contributed by atoms with Crippen LogP contribution in [0.25, 0.3) is 0 Å². The normalized spacial score (nSPS) is 11.3. The number of para-hydroxylation sites is 2. The highest BCUT2D eigenvalue weighted by molar-refractivity contribution is 5.37. The third kappa shape index (κ3) is 12.2. The summed E-state index contributed by atoms with van der Waals surface area (Å²) in [4.78, 5) is 0. The van der Waals surface area contributed by atoms with Crippen LogP contribution in [0.4, 0.5) is 0 Å². The van der Waals surface area contributed by atoms with Gasteiger partial charge in [-0.15, -0.1) is 0 Å². The average Bonchev–Trinajstić information content (AvgIpc) is 2.65. The van der Waals surface area contributed by atoms with Gasteiger partial charge in [0.15, 0.2) is 18.3 Å². The van der Waals surface area contributed by atoms with E-state index in [9.17, 15) is 5.11 Å². The quantitative estimate of drug-likeness (QED) is 0.273. The van der Waals surface area contributed by atoms with Crippen molar-refractivity contribution in [3.05, 3.63) is 48.9 Å². The molecule has 0 bridgehead atoms. The molecule has 7 nitrogen and oxygen atoms in total. The van der Waals surface area contributed by atoms with Crippen molar-refractivity contribution >= 4 is 0 Å². The maximum Gasteiger partial charge on any atom is 0.190 e. The van der Waals surface area contributed by atoms with Gasteiger partial charge in [0.2, 0.25) is 0 Å². The second kappa shape index (κ2) is 16.3. The van der Waals surface area contributed by atoms with Gasteiger partial charge in [-0.1, -0.05) is 12.1 Å². The van der Waals surface area contributed by atoms with Gasteiger partial charge in [-0.3, -0.25) is 0 Å². The third-order valence-corrected chi connectivity index (χ3v) is 2.93. The van der Waals surface area contributed by atoms with Gasteiger partial charge in [-0.2, -0.15) is 0 Å². The van der Waals surface area contributed by atoms with E-state index in [2.05, 4.69) is 0 Å². The lowest BCUT2D eigenvalue weighted by atomic mass is 10.3. The van der Waals surface area contributed by atoms with Crippen molar-refractivity contribution in [3.63, 3.8) is 0 Å². The van der Waals surface area contributed by atoms with Crippen LogP contribution in [0.15, 0.2) is 48.9 Å². The second-order valence-electron chi connectivity index (χ2n) is 5.02. The highest BCUT2D eigenvalue weighted by atomic mass is 16.7. The minimum Gasteiger partial charge on any atom is -0.504 e. The summed E-state index contributed by atoms with van der Waals surface area (Å²) in [6.07, 6.45) is 8.83. The van der Waals surface area contributed by atoms with Crippen molar-refractivity contribution in [2.75, 3.05) is 47.1 Å². The molecule has 0 spiro atoms. The van der Waals surface area contributed by atoms with E-state index in [0.717, 1.165) is 12.8 Å². The molecule has 1 aromatic rings. The Morgan fingerprint density at radius 2 is 1.58 bits per heavy atom. The molecule has 0 unspecified atom stereocenters.